The maximum absolute atomic E-state index is 12.0. The van der Waals surface area contributed by atoms with Gasteiger partial charge in [0.25, 0.3) is 0 Å². The lowest BCUT2D eigenvalue weighted by Crippen LogP contribution is -2.36. The van der Waals surface area contributed by atoms with Crippen LogP contribution >= 0.6 is 0 Å². The molecule has 0 aromatic rings. The fourth-order valence-electron chi connectivity index (χ4n) is 3.33. The minimum absolute atomic E-state index is 0.218. The van der Waals surface area contributed by atoms with Gasteiger partial charge in [-0.2, -0.15) is 0 Å². The number of amides is 1. The fourth-order valence-corrected chi connectivity index (χ4v) is 3.33. The first kappa shape index (κ1) is 14.2. The molecule has 1 N–H and O–H groups in total. The van der Waals surface area contributed by atoms with Gasteiger partial charge in [-0.15, -0.1) is 0 Å². The molecule has 0 spiro atoms. The van der Waals surface area contributed by atoms with E-state index in [1.165, 1.54) is 0 Å². The summed E-state index contributed by atoms with van der Waals surface area (Å²) in [6, 6.07) is 0. The molecule has 2 aliphatic rings. The van der Waals surface area contributed by atoms with Crippen molar-refractivity contribution in [3.8, 4) is 0 Å². The largest absolute Gasteiger partial charge is 0.481 e. The summed E-state index contributed by atoms with van der Waals surface area (Å²) in [5.74, 6) is 0.275. The van der Waals surface area contributed by atoms with Crippen LogP contribution in [0.5, 0.6) is 0 Å². The van der Waals surface area contributed by atoms with Crippen LogP contribution in [0, 0.1) is 17.8 Å². The second-order valence-corrected chi connectivity index (χ2v) is 6.74. The Hall–Kier alpha value is -1.26. The Morgan fingerprint density at radius 3 is 2.53 bits per heavy atom. The first-order chi connectivity index (χ1) is 8.76. The molecule has 2 rings (SSSR count). The molecule has 5 heteroatoms. The number of hydrogen-bond donors (Lipinski definition) is 1. The van der Waals surface area contributed by atoms with Crippen molar-refractivity contribution in [2.45, 2.75) is 45.6 Å². The van der Waals surface area contributed by atoms with E-state index in [4.69, 9.17) is 9.84 Å². The van der Waals surface area contributed by atoms with Gasteiger partial charge in [-0.3, -0.25) is 4.79 Å². The maximum Gasteiger partial charge on any atom is 0.410 e. The Morgan fingerprint density at radius 2 is 1.95 bits per heavy atom. The van der Waals surface area contributed by atoms with Gasteiger partial charge in [0.2, 0.25) is 0 Å². The molecule has 1 aliphatic carbocycles. The number of hydrogen-bond acceptors (Lipinski definition) is 3. The molecule has 1 saturated heterocycles. The number of ether oxygens (including phenoxy) is 1. The number of carboxylic acids is 1. The topological polar surface area (TPSA) is 66.8 Å². The van der Waals surface area contributed by atoms with Crippen molar-refractivity contribution < 1.29 is 19.4 Å². The zero-order valence-electron chi connectivity index (χ0n) is 11.9. The molecule has 1 saturated carbocycles. The van der Waals surface area contributed by atoms with Gasteiger partial charge in [-0.25, -0.2) is 4.79 Å². The SMILES string of the molecule is CC(C)(C)OC(=O)N1CC2CCC(CC(=O)O)C2C1. The zero-order valence-corrected chi connectivity index (χ0v) is 11.9. The van der Waals surface area contributed by atoms with E-state index < -0.39 is 11.6 Å². The molecule has 5 nitrogen and oxygen atoms in total. The molecule has 0 radical (unpaired) electrons. The van der Waals surface area contributed by atoms with Crippen molar-refractivity contribution in [1.29, 1.82) is 0 Å². The Labute approximate surface area is 113 Å². The maximum atomic E-state index is 12.0. The van der Waals surface area contributed by atoms with Crippen LogP contribution in [-0.2, 0) is 9.53 Å². The minimum Gasteiger partial charge on any atom is -0.481 e. The molecule has 1 heterocycles. The second-order valence-electron chi connectivity index (χ2n) is 6.74. The molecule has 1 amide bonds. The molecule has 1 aliphatic heterocycles. The van der Waals surface area contributed by atoms with Crippen LogP contribution in [0.1, 0.15) is 40.0 Å². The van der Waals surface area contributed by atoms with Crippen molar-refractivity contribution in [2.75, 3.05) is 13.1 Å². The first-order valence-electron chi connectivity index (χ1n) is 6.96. The predicted molar refractivity (Wildman–Crippen MR) is 69.8 cm³/mol. The summed E-state index contributed by atoms with van der Waals surface area (Å²) < 4.78 is 5.37. The van der Waals surface area contributed by atoms with Gasteiger partial charge in [0, 0.05) is 19.5 Å². The summed E-state index contributed by atoms with van der Waals surface area (Å²) in [4.78, 5) is 24.6. The first-order valence-corrected chi connectivity index (χ1v) is 6.96. The number of likely N-dealkylation sites (tertiary alicyclic amines) is 1. The predicted octanol–water partition coefficient (Wildman–Crippen LogP) is 2.35. The number of nitrogens with zero attached hydrogens (tertiary/aromatic N) is 1. The van der Waals surface area contributed by atoms with Crippen LogP contribution in [0.4, 0.5) is 4.79 Å². The average Bonchev–Trinajstić information content (AvgIpc) is 2.77. The number of carbonyl (C=O) groups is 2. The highest BCUT2D eigenvalue weighted by molar-refractivity contribution is 5.69. The molecule has 0 aromatic heterocycles. The number of fused-ring (bicyclic) bond motifs is 1. The summed E-state index contributed by atoms with van der Waals surface area (Å²) in [5.41, 5.74) is -0.477. The average molecular weight is 269 g/mol. The van der Waals surface area contributed by atoms with E-state index in [2.05, 4.69) is 0 Å². The van der Waals surface area contributed by atoms with Gasteiger partial charge < -0.3 is 14.7 Å². The second kappa shape index (κ2) is 5.02. The van der Waals surface area contributed by atoms with Crippen LogP contribution < -0.4 is 0 Å². The van der Waals surface area contributed by atoms with Crippen molar-refractivity contribution in [3.63, 3.8) is 0 Å². The summed E-state index contributed by atoms with van der Waals surface area (Å²) in [6.45, 7) is 6.94. The molecule has 108 valence electrons. The highest BCUT2D eigenvalue weighted by Crippen LogP contribution is 2.44. The third-order valence-electron chi connectivity index (χ3n) is 4.09. The molecule has 3 unspecified atom stereocenters. The number of aliphatic carboxylic acids is 1. The van der Waals surface area contributed by atoms with Gasteiger partial charge in [0.15, 0.2) is 0 Å². The standard InChI is InChI=1S/C14H23NO4/c1-14(2,3)19-13(18)15-7-10-5-4-9(6-12(16)17)11(10)8-15/h9-11H,4-8H2,1-3H3,(H,16,17). The zero-order chi connectivity index (χ0) is 14.2. The van der Waals surface area contributed by atoms with Crippen LogP contribution in [0.25, 0.3) is 0 Å². The van der Waals surface area contributed by atoms with Crippen LogP contribution in [0.15, 0.2) is 0 Å². The highest BCUT2D eigenvalue weighted by Gasteiger charge is 2.45. The lowest BCUT2D eigenvalue weighted by Gasteiger charge is -2.25. The monoisotopic (exact) mass is 269 g/mol. The van der Waals surface area contributed by atoms with Crippen molar-refractivity contribution in [2.24, 2.45) is 17.8 Å². The van der Waals surface area contributed by atoms with Gasteiger partial charge >= 0.3 is 12.1 Å². The number of carboxylic acid groups (broad SMARTS) is 1. The van der Waals surface area contributed by atoms with Gasteiger partial charge in [-0.1, -0.05) is 0 Å². The Kier molecular flexibility index (Phi) is 3.74. The Morgan fingerprint density at radius 1 is 1.26 bits per heavy atom. The van der Waals surface area contributed by atoms with Crippen molar-refractivity contribution in [1.82, 2.24) is 4.90 Å². The summed E-state index contributed by atoms with van der Waals surface area (Å²) in [6.07, 6.45) is 1.96. The van der Waals surface area contributed by atoms with Gasteiger partial charge in [-0.05, 0) is 51.4 Å². The van der Waals surface area contributed by atoms with Gasteiger partial charge in [0.1, 0.15) is 5.60 Å². The van der Waals surface area contributed by atoms with E-state index in [-0.39, 0.29) is 18.4 Å². The fraction of sp³-hybridized carbons (Fsp3) is 0.857. The van der Waals surface area contributed by atoms with E-state index in [1.54, 1.807) is 4.90 Å². The van der Waals surface area contributed by atoms with E-state index in [0.717, 1.165) is 19.4 Å². The van der Waals surface area contributed by atoms with Crippen molar-refractivity contribution >= 4 is 12.1 Å². The highest BCUT2D eigenvalue weighted by atomic mass is 16.6. The summed E-state index contributed by atoms with van der Waals surface area (Å²) >= 11 is 0. The van der Waals surface area contributed by atoms with Crippen LogP contribution in [-0.4, -0.2) is 40.8 Å². The molecule has 2 fully saturated rings. The molecular formula is C14H23NO4. The summed E-state index contributed by atoms with van der Waals surface area (Å²) in [5, 5.41) is 8.92. The third-order valence-corrected chi connectivity index (χ3v) is 4.09. The Bertz CT molecular complexity index is 374. The number of rotatable bonds is 2. The molecular weight excluding hydrogens is 246 g/mol. The molecule has 0 bridgehead atoms. The van der Waals surface area contributed by atoms with E-state index in [0.29, 0.717) is 18.4 Å². The lowest BCUT2D eigenvalue weighted by atomic mass is 9.90. The number of carbonyl (C=O) groups excluding carboxylic acids is 1. The normalized spacial score (nSPS) is 30.3. The van der Waals surface area contributed by atoms with Crippen LogP contribution in [0.3, 0.4) is 0 Å². The Balaban J connectivity index is 1.93. The van der Waals surface area contributed by atoms with Crippen molar-refractivity contribution in [3.05, 3.63) is 0 Å². The quantitative estimate of drug-likeness (QED) is 0.835. The lowest BCUT2D eigenvalue weighted by molar-refractivity contribution is -0.138. The molecule has 0 aromatic carbocycles. The van der Waals surface area contributed by atoms with E-state index in [1.807, 2.05) is 20.8 Å². The van der Waals surface area contributed by atoms with Crippen LogP contribution in [0.2, 0.25) is 0 Å². The molecule has 3 atom stereocenters. The third kappa shape index (κ3) is 3.39. The smallest absolute Gasteiger partial charge is 0.410 e. The minimum atomic E-state index is -0.735. The molecule has 19 heavy (non-hydrogen) atoms. The van der Waals surface area contributed by atoms with Gasteiger partial charge in [0.05, 0.1) is 0 Å². The van der Waals surface area contributed by atoms with E-state index >= 15 is 0 Å². The van der Waals surface area contributed by atoms with E-state index in [9.17, 15) is 9.59 Å². The summed E-state index contributed by atoms with van der Waals surface area (Å²) in [7, 11) is 0.